The summed E-state index contributed by atoms with van der Waals surface area (Å²) in [4.78, 5) is 0. The highest BCUT2D eigenvalue weighted by molar-refractivity contribution is 6.62. The standard InChI is InChI=1S/C7H6BClO3/c9-7-2-4(10)1-6-5(7)3-12-8(6)11/h1-2,10-11H,3H2. The fraction of sp³-hybridized carbons (Fsp3) is 0.143. The van der Waals surface area contributed by atoms with Crippen molar-refractivity contribution < 1.29 is 14.8 Å². The van der Waals surface area contributed by atoms with Crippen molar-refractivity contribution in [1.82, 2.24) is 0 Å². The Morgan fingerprint density at radius 2 is 2.25 bits per heavy atom. The van der Waals surface area contributed by atoms with E-state index in [0.717, 1.165) is 5.56 Å². The van der Waals surface area contributed by atoms with Gasteiger partial charge in [0.05, 0.1) is 6.61 Å². The first-order valence-corrected chi connectivity index (χ1v) is 3.87. The lowest BCUT2D eigenvalue weighted by molar-refractivity contribution is 0.275. The zero-order valence-corrected chi connectivity index (χ0v) is 6.88. The second-order valence-corrected chi connectivity index (χ2v) is 3.07. The molecule has 3 nitrogen and oxygen atoms in total. The van der Waals surface area contributed by atoms with Crippen molar-refractivity contribution in [3.8, 4) is 5.75 Å². The fourth-order valence-corrected chi connectivity index (χ4v) is 1.54. The van der Waals surface area contributed by atoms with Gasteiger partial charge >= 0.3 is 7.12 Å². The van der Waals surface area contributed by atoms with Gasteiger partial charge in [-0.3, -0.25) is 0 Å². The number of fused-ring (bicyclic) bond motifs is 1. The molecule has 0 fully saturated rings. The Morgan fingerprint density at radius 1 is 1.50 bits per heavy atom. The molecule has 2 N–H and O–H groups in total. The summed E-state index contributed by atoms with van der Waals surface area (Å²) >= 11 is 5.79. The summed E-state index contributed by atoms with van der Waals surface area (Å²) in [6.07, 6.45) is 0. The minimum absolute atomic E-state index is 0.0447. The molecule has 1 aliphatic heterocycles. The van der Waals surface area contributed by atoms with Crippen molar-refractivity contribution >= 4 is 24.2 Å². The van der Waals surface area contributed by atoms with Gasteiger partial charge in [0.25, 0.3) is 0 Å². The number of hydrogen-bond donors (Lipinski definition) is 2. The zero-order chi connectivity index (χ0) is 8.72. The molecule has 0 unspecified atom stereocenters. The van der Waals surface area contributed by atoms with Crippen LogP contribution in [0.1, 0.15) is 5.56 Å². The quantitative estimate of drug-likeness (QED) is 0.569. The third-order valence-electron chi connectivity index (χ3n) is 1.87. The average Bonchev–Trinajstić information content (AvgIpc) is 2.33. The number of aromatic hydroxyl groups is 1. The predicted molar refractivity (Wildman–Crippen MR) is 45.5 cm³/mol. The number of phenols is 1. The third-order valence-corrected chi connectivity index (χ3v) is 2.20. The van der Waals surface area contributed by atoms with Crippen LogP contribution < -0.4 is 5.46 Å². The summed E-state index contributed by atoms with van der Waals surface area (Å²) < 4.78 is 4.92. The van der Waals surface area contributed by atoms with Crippen LogP contribution in [0.3, 0.4) is 0 Å². The molecule has 0 aliphatic carbocycles. The average molecular weight is 184 g/mol. The minimum atomic E-state index is -0.954. The van der Waals surface area contributed by atoms with Gasteiger partial charge in [-0.2, -0.15) is 0 Å². The molecule has 1 aromatic carbocycles. The minimum Gasteiger partial charge on any atom is -0.508 e. The van der Waals surface area contributed by atoms with Gasteiger partial charge in [0, 0.05) is 5.02 Å². The van der Waals surface area contributed by atoms with Crippen LogP contribution in [0.25, 0.3) is 0 Å². The van der Waals surface area contributed by atoms with E-state index in [1.165, 1.54) is 12.1 Å². The van der Waals surface area contributed by atoms with Gasteiger partial charge in [-0.25, -0.2) is 0 Å². The Labute approximate surface area is 74.7 Å². The number of benzene rings is 1. The van der Waals surface area contributed by atoms with Crippen LogP contribution in [0.4, 0.5) is 0 Å². The Kier molecular flexibility index (Phi) is 1.75. The maximum Gasteiger partial charge on any atom is 0.491 e. The molecule has 0 saturated carbocycles. The molecule has 12 heavy (non-hydrogen) atoms. The van der Waals surface area contributed by atoms with E-state index in [-0.39, 0.29) is 5.75 Å². The Morgan fingerprint density at radius 3 is 3.00 bits per heavy atom. The number of rotatable bonds is 0. The molecule has 1 heterocycles. The highest BCUT2D eigenvalue weighted by atomic mass is 35.5. The lowest BCUT2D eigenvalue weighted by Gasteiger charge is -2.01. The van der Waals surface area contributed by atoms with E-state index in [9.17, 15) is 5.02 Å². The van der Waals surface area contributed by atoms with E-state index in [1.54, 1.807) is 0 Å². The van der Waals surface area contributed by atoms with Crippen molar-refractivity contribution in [1.29, 1.82) is 0 Å². The maximum atomic E-state index is 9.24. The first kappa shape index (κ1) is 7.92. The van der Waals surface area contributed by atoms with Gasteiger partial charge in [0.2, 0.25) is 0 Å². The summed E-state index contributed by atoms with van der Waals surface area (Å²) in [7, 11) is -0.954. The zero-order valence-electron chi connectivity index (χ0n) is 6.12. The molecule has 1 aromatic rings. The lowest BCUT2D eigenvalue weighted by Crippen LogP contribution is -2.27. The van der Waals surface area contributed by atoms with Gasteiger partial charge < -0.3 is 14.8 Å². The molecule has 5 heteroatoms. The van der Waals surface area contributed by atoms with Gasteiger partial charge in [-0.1, -0.05) is 11.6 Å². The first-order chi connectivity index (χ1) is 5.68. The summed E-state index contributed by atoms with van der Waals surface area (Å²) in [5, 5.41) is 18.8. The third kappa shape index (κ3) is 1.08. The maximum absolute atomic E-state index is 9.24. The molecule has 0 amide bonds. The van der Waals surface area contributed by atoms with E-state index in [4.69, 9.17) is 21.4 Å². The summed E-state index contributed by atoms with van der Waals surface area (Å²) in [6, 6.07) is 2.89. The van der Waals surface area contributed by atoms with Crippen molar-refractivity contribution in [3.63, 3.8) is 0 Å². The topological polar surface area (TPSA) is 49.7 Å². The Hall–Kier alpha value is -0.705. The first-order valence-electron chi connectivity index (χ1n) is 3.49. The molecule has 62 valence electrons. The number of phenolic OH excluding ortho intramolecular Hbond substituents is 1. The summed E-state index contributed by atoms with van der Waals surface area (Å²) in [6.45, 7) is 0.301. The van der Waals surface area contributed by atoms with Crippen molar-refractivity contribution in [3.05, 3.63) is 22.7 Å². The number of halogens is 1. The largest absolute Gasteiger partial charge is 0.508 e. The van der Waals surface area contributed by atoms with Crippen LogP contribution in [-0.2, 0) is 11.3 Å². The van der Waals surface area contributed by atoms with Crippen LogP contribution in [0, 0.1) is 0 Å². The summed E-state index contributed by atoms with van der Waals surface area (Å²) in [5.74, 6) is 0.0447. The van der Waals surface area contributed by atoms with Crippen LogP contribution in [-0.4, -0.2) is 17.2 Å². The second kappa shape index (κ2) is 2.66. The van der Waals surface area contributed by atoms with Crippen molar-refractivity contribution in [2.45, 2.75) is 6.61 Å². The predicted octanol–water partition coefficient (Wildman–Crippen LogP) is 0.263. The lowest BCUT2D eigenvalue weighted by atomic mass is 9.79. The summed E-state index contributed by atoms with van der Waals surface area (Å²) in [5.41, 5.74) is 1.31. The van der Waals surface area contributed by atoms with Crippen molar-refractivity contribution in [2.75, 3.05) is 0 Å². The van der Waals surface area contributed by atoms with Gasteiger partial charge in [0.1, 0.15) is 5.75 Å². The molecule has 0 atom stereocenters. The van der Waals surface area contributed by atoms with E-state index in [2.05, 4.69) is 0 Å². The van der Waals surface area contributed by atoms with Crippen LogP contribution in [0.5, 0.6) is 5.75 Å². The van der Waals surface area contributed by atoms with E-state index < -0.39 is 7.12 Å². The molecule has 0 saturated heterocycles. The monoisotopic (exact) mass is 184 g/mol. The Bertz CT molecular complexity index is 329. The van der Waals surface area contributed by atoms with Crippen molar-refractivity contribution in [2.24, 2.45) is 0 Å². The van der Waals surface area contributed by atoms with E-state index >= 15 is 0 Å². The SMILES string of the molecule is OB1OCc2c(Cl)cc(O)cc21. The molecule has 0 spiro atoms. The second-order valence-electron chi connectivity index (χ2n) is 2.66. The van der Waals surface area contributed by atoms with Crippen LogP contribution in [0.15, 0.2) is 12.1 Å². The van der Waals surface area contributed by atoms with Gasteiger partial charge in [0.15, 0.2) is 0 Å². The Balaban J connectivity index is 2.60. The van der Waals surface area contributed by atoms with Crippen LogP contribution in [0.2, 0.25) is 5.02 Å². The van der Waals surface area contributed by atoms with E-state index in [0.29, 0.717) is 17.1 Å². The molecule has 2 rings (SSSR count). The van der Waals surface area contributed by atoms with Gasteiger partial charge in [-0.05, 0) is 23.2 Å². The van der Waals surface area contributed by atoms with Crippen LogP contribution >= 0.6 is 11.6 Å². The molecule has 1 aliphatic rings. The van der Waals surface area contributed by atoms with E-state index in [1.807, 2.05) is 0 Å². The molecule has 0 bridgehead atoms. The molecular weight excluding hydrogens is 178 g/mol. The highest BCUT2D eigenvalue weighted by Gasteiger charge is 2.29. The molecular formula is C7H6BClO3. The number of hydrogen-bond acceptors (Lipinski definition) is 3. The smallest absolute Gasteiger partial charge is 0.491 e. The highest BCUT2D eigenvalue weighted by Crippen LogP contribution is 2.24. The molecule has 0 radical (unpaired) electrons. The molecule has 0 aromatic heterocycles. The fourth-order valence-electron chi connectivity index (χ4n) is 1.27. The normalized spacial score (nSPS) is 15.0. The van der Waals surface area contributed by atoms with Gasteiger partial charge in [-0.15, -0.1) is 0 Å².